The predicted molar refractivity (Wildman–Crippen MR) is 95.7 cm³/mol. The van der Waals surface area contributed by atoms with Gasteiger partial charge in [-0.1, -0.05) is 4.18 Å². The van der Waals surface area contributed by atoms with Gasteiger partial charge in [-0.05, 0) is 0 Å². The Labute approximate surface area is 169 Å². The highest BCUT2D eigenvalue weighted by molar-refractivity contribution is 8.15. The lowest BCUT2D eigenvalue weighted by Gasteiger charge is -2.16. The molecule has 17 nitrogen and oxygen atoms in total. The molecule has 0 spiro atoms. The molecule has 0 aliphatic carbocycles. The van der Waals surface area contributed by atoms with E-state index in [-0.39, 0.29) is 6.42 Å². The van der Waals surface area contributed by atoms with E-state index in [0.717, 1.165) is 16.8 Å². The number of nitrogens with zero attached hydrogens (tertiary/aromatic N) is 1. The molecule has 0 radical (unpaired) electrons. The lowest BCUT2D eigenvalue weighted by atomic mass is 10.2. The molecule has 1 aliphatic heterocycles. The van der Waals surface area contributed by atoms with Crippen molar-refractivity contribution < 1.29 is 61.4 Å². The van der Waals surface area contributed by atoms with Gasteiger partial charge in [0.15, 0.2) is 0 Å². The van der Waals surface area contributed by atoms with Crippen molar-refractivity contribution in [3.8, 4) is 0 Å². The van der Waals surface area contributed by atoms with Crippen LogP contribution < -0.4 is 11.2 Å². The molecule has 0 amide bonds. The molecule has 1 saturated heterocycles. The van der Waals surface area contributed by atoms with Gasteiger partial charge in [0.05, 0.1) is 6.10 Å². The summed E-state index contributed by atoms with van der Waals surface area (Å²) in [5, 5.41) is 19.9. The second-order valence-electron chi connectivity index (χ2n) is 5.55. The maximum absolute atomic E-state index is 11.8. The Balaban J connectivity index is 2.07. The number of aromatic amines is 1. The van der Waals surface area contributed by atoms with Crippen LogP contribution in [0.1, 0.15) is 12.6 Å². The topological polar surface area (TPSA) is 268 Å². The second-order valence-corrected chi connectivity index (χ2v) is 12.0. The normalized spacial score (nSPS) is 25.6. The first-order valence-corrected chi connectivity index (χ1v) is 13.4. The molecule has 1 aromatic rings. The van der Waals surface area contributed by atoms with E-state index in [4.69, 9.17) is 19.4 Å². The number of hydrogen-bond acceptors (Lipinski definition) is 10. The highest BCUT2D eigenvalue weighted by Gasteiger charge is 2.47. The van der Waals surface area contributed by atoms with Crippen LogP contribution in [-0.4, -0.2) is 62.7 Å². The van der Waals surface area contributed by atoms with Gasteiger partial charge in [-0.15, -0.1) is 0 Å². The van der Waals surface area contributed by atoms with Crippen LogP contribution in [0.15, 0.2) is 21.9 Å². The van der Waals surface area contributed by atoms with Crippen molar-refractivity contribution in [1.29, 1.82) is 0 Å². The summed E-state index contributed by atoms with van der Waals surface area (Å²) in [4.78, 5) is 69.8. The number of phosphoric acid groups is 2. The number of aliphatic hydroxyl groups is 2. The van der Waals surface area contributed by atoms with Gasteiger partial charge in [-0.3, -0.25) is 24.1 Å². The maximum Gasteiger partial charge on any atom is 0.571 e. The zero-order chi connectivity index (χ0) is 22.9. The zero-order valence-electron chi connectivity index (χ0n) is 14.3. The fraction of sp³-hybridized carbons (Fsp3) is 0.556. The summed E-state index contributed by atoms with van der Waals surface area (Å²) >= 11 is -0.492. The number of nitrogens with one attached hydrogen (secondary N) is 1. The molecule has 8 N–H and O–H groups in total. The summed E-state index contributed by atoms with van der Waals surface area (Å²) in [6.07, 6.45) is -5.37. The lowest BCUT2D eigenvalue weighted by Crippen LogP contribution is -2.36. The quantitative estimate of drug-likeness (QED) is 0.0760. The van der Waals surface area contributed by atoms with Gasteiger partial charge >= 0.3 is 39.3 Å². The van der Waals surface area contributed by atoms with Crippen molar-refractivity contribution in [1.82, 2.24) is 9.55 Å². The zero-order valence-corrected chi connectivity index (χ0v) is 17.8. The standard InChI is InChI=1S/C9H15N2O15P3S/c12-4-3-6(11-2-1-5(13)10-9(11)15)23-7(4)8(14)24-30-29(21,22)26-28(19,20)25-27(16,17)18/h1-2,4,6-8,12,14H,3H2,(H5-,10,13,15,16,17,18,19,20,21,22)/p+1/t4-,6+,7-,8?/m0/s1. The van der Waals surface area contributed by atoms with Gasteiger partial charge in [-0.2, -0.15) is 8.62 Å². The minimum absolute atomic E-state index is 0.237. The highest BCUT2D eigenvalue weighted by Crippen LogP contribution is 2.65. The molecule has 2 heterocycles. The first kappa shape index (κ1) is 25.6. The van der Waals surface area contributed by atoms with Gasteiger partial charge in [0.1, 0.15) is 12.3 Å². The molecule has 2 unspecified atom stereocenters. The third-order valence-corrected chi connectivity index (χ3v) is 8.51. The number of aliphatic hydroxyl groups excluding tert-OH is 2. The van der Waals surface area contributed by atoms with E-state index in [9.17, 15) is 38.7 Å². The Morgan fingerprint density at radius 1 is 1.20 bits per heavy atom. The highest BCUT2D eigenvalue weighted by atomic mass is 32.5. The molecule has 30 heavy (non-hydrogen) atoms. The molecule has 172 valence electrons. The minimum atomic E-state index is -5.64. The van der Waals surface area contributed by atoms with Crippen LogP contribution in [-0.2, 0) is 37.9 Å². The van der Waals surface area contributed by atoms with Gasteiger partial charge < -0.3 is 29.6 Å². The van der Waals surface area contributed by atoms with Crippen LogP contribution in [0.4, 0.5) is 0 Å². The monoisotopic (exact) mass is 517 g/mol. The molecular formula is C9H16N2O15P3S+. The Morgan fingerprint density at radius 2 is 1.83 bits per heavy atom. The van der Waals surface area contributed by atoms with E-state index in [1.807, 2.05) is 4.98 Å². The Hall–Kier alpha value is -0.650. The van der Waals surface area contributed by atoms with Crippen LogP contribution in [0.25, 0.3) is 0 Å². The van der Waals surface area contributed by atoms with Crippen LogP contribution in [0.2, 0.25) is 0 Å². The van der Waals surface area contributed by atoms with Crippen molar-refractivity contribution in [2.45, 2.75) is 31.1 Å². The number of ether oxygens (including phenoxy) is 1. The average molecular weight is 517 g/mol. The summed E-state index contributed by atoms with van der Waals surface area (Å²) in [6, 6.07) is 1.01. The summed E-state index contributed by atoms with van der Waals surface area (Å²) in [6.45, 7) is -5.03. The van der Waals surface area contributed by atoms with E-state index >= 15 is 0 Å². The molecular weight excluding hydrogens is 501 g/mol. The number of hydrogen-bond donors (Lipinski definition) is 8. The van der Waals surface area contributed by atoms with E-state index in [2.05, 4.69) is 12.8 Å². The first-order valence-electron chi connectivity index (χ1n) is 7.42. The molecule has 21 heteroatoms. The molecule has 1 aliphatic rings. The van der Waals surface area contributed by atoms with Crippen LogP contribution in [0, 0.1) is 0 Å². The number of rotatable bonds is 8. The van der Waals surface area contributed by atoms with E-state index in [0.29, 0.717) is 0 Å². The Bertz CT molecular complexity index is 1030. The Morgan fingerprint density at radius 3 is 2.40 bits per heavy atom. The summed E-state index contributed by atoms with van der Waals surface area (Å²) < 4.78 is 39.8. The molecule has 1 aromatic heterocycles. The van der Waals surface area contributed by atoms with E-state index in [1.165, 1.54) is 0 Å². The van der Waals surface area contributed by atoms with Gasteiger partial charge in [-0.25, -0.2) is 13.9 Å². The summed E-state index contributed by atoms with van der Waals surface area (Å²) in [5.74, 6) is 0. The molecule has 1 fully saturated rings. The first-order chi connectivity index (χ1) is 13.6. The van der Waals surface area contributed by atoms with Gasteiger partial charge in [0.2, 0.25) is 6.29 Å². The molecule has 5 atom stereocenters. The molecule has 0 bridgehead atoms. The molecule has 0 aromatic carbocycles. The molecule has 0 saturated carbocycles. The fourth-order valence-electron chi connectivity index (χ4n) is 2.21. The molecule has 2 rings (SSSR count). The maximum atomic E-state index is 11.8. The van der Waals surface area contributed by atoms with Crippen LogP contribution in [0.3, 0.4) is 0 Å². The van der Waals surface area contributed by atoms with E-state index in [1.54, 1.807) is 0 Å². The van der Waals surface area contributed by atoms with Crippen molar-refractivity contribution in [2.75, 3.05) is 0 Å². The predicted octanol–water partition coefficient (Wildman–Crippen LogP) is -2.59. The average Bonchev–Trinajstić information content (AvgIpc) is 2.90. The van der Waals surface area contributed by atoms with E-state index < -0.39 is 69.6 Å². The van der Waals surface area contributed by atoms with Crippen LogP contribution in [0.5, 0.6) is 0 Å². The van der Waals surface area contributed by atoms with Crippen molar-refractivity contribution in [3.05, 3.63) is 33.1 Å². The largest absolute Gasteiger partial charge is 0.571 e. The SMILES string of the molecule is O=c1ccn([C@H]2C[C@H](O)[C@@H](C(O)O[S+]=P(O)(O)OP(=O)(O)OP(=O)(O)O)O2)c(=O)[nH]1. The van der Waals surface area contributed by atoms with Crippen molar-refractivity contribution in [2.24, 2.45) is 0 Å². The van der Waals surface area contributed by atoms with Crippen LogP contribution >= 0.6 is 22.4 Å². The number of H-pyrrole nitrogens is 1. The third kappa shape index (κ3) is 7.49. The van der Waals surface area contributed by atoms with Crippen molar-refractivity contribution in [3.63, 3.8) is 0 Å². The third-order valence-electron chi connectivity index (χ3n) is 3.24. The number of aromatic nitrogens is 2. The Kier molecular flexibility index (Phi) is 8.07. The second kappa shape index (κ2) is 9.46. The minimum Gasteiger partial charge on any atom is -0.390 e. The van der Waals surface area contributed by atoms with Gasteiger partial charge in [0.25, 0.3) is 5.56 Å². The van der Waals surface area contributed by atoms with Gasteiger partial charge in [0, 0.05) is 18.7 Å². The van der Waals surface area contributed by atoms with Crippen molar-refractivity contribution >= 4 is 33.6 Å². The summed E-state index contributed by atoms with van der Waals surface area (Å²) in [5.41, 5.74) is -1.54. The smallest absolute Gasteiger partial charge is 0.390 e. The fourth-order valence-corrected chi connectivity index (χ4v) is 6.77. The lowest BCUT2D eigenvalue weighted by molar-refractivity contribution is -0.149. The summed E-state index contributed by atoms with van der Waals surface area (Å²) in [7, 11) is -11.2.